The number of hydrogen-bond donors (Lipinski definition) is 1. The zero-order valence-electron chi connectivity index (χ0n) is 16.2. The van der Waals surface area contributed by atoms with Crippen LogP contribution in [0, 0.1) is 6.92 Å². The van der Waals surface area contributed by atoms with Gasteiger partial charge in [-0.15, -0.1) is 0 Å². The number of pyridine rings is 1. The maximum Gasteiger partial charge on any atom is 0.471 e. The Hall–Kier alpha value is -3.96. The minimum Gasteiger partial charge on any atom is -0.465 e. The van der Waals surface area contributed by atoms with Gasteiger partial charge in [-0.2, -0.15) is 18.2 Å². The number of esters is 1. The molecule has 0 aliphatic carbocycles. The summed E-state index contributed by atoms with van der Waals surface area (Å²) >= 11 is 0. The van der Waals surface area contributed by atoms with Crippen LogP contribution in [0.5, 0.6) is 0 Å². The number of nitrogens with one attached hydrogen (secondary N) is 1. The number of rotatable bonds is 5. The van der Waals surface area contributed by atoms with Crippen molar-refractivity contribution in [1.82, 2.24) is 15.1 Å². The Kier molecular flexibility index (Phi) is 6.18. The van der Waals surface area contributed by atoms with Crippen LogP contribution in [0.2, 0.25) is 0 Å². The van der Waals surface area contributed by atoms with Crippen LogP contribution in [0.25, 0.3) is 11.4 Å². The number of ether oxygens (including phenoxy) is 2. The summed E-state index contributed by atoms with van der Waals surface area (Å²) in [6.07, 6.45) is -2.77. The molecule has 1 aromatic carbocycles. The second kappa shape index (κ2) is 8.81. The Labute approximate surface area is 173 Å². The Morgan fingerprint density at radius 2 is 1.97 bits per heavy atom. The zero-order valence-corrected chi connectivity index (χ0v) is 16.2. The van der Waals surface area contributed by atoms with Crippen LogP contribution in [0.4, 0.5) is 23.7 Å². The van der Waals surface area contributed by atoms with Gasteiger partial charge in [-0.1, -0.05) is 5.16 Å². The van der Waals surface area contributed by atoms with E-state index in [9.17, 15) is 22.8 Å². The number of amides is 1. The van der Waals surface area contributed by atoms with Gasteiger partial charge in [0.25, 0.3) is 0 Å². The number of halogens is 3. The lowest BCUT2D eigenvalue weighted by Gasteiger charge is -2.10. The van der Waals surface area contributed by atoms with Crippen molar-refractivity contribution in [2.75, 3.05) is 12.4 Å². The van der Waals surface area contributed by atoms with Gasteiger partial charge in [-0.25, -0.2) is 9.59 Å². The van der Waals surface area contributed by atoms with Gasteiger partial charge in [-0.3, -0.25) is 10.3 Å². The van der Waals surface area contributed by atoms with E-state index in [1.807, 2.05) is 0 Å². The summed E-state index contributed by atoms with van der Waals surface area (Å²) in [5.41, 5.74) is 1.87. The number of hydrogen-bond acceptors (Lipinski definition) is 8. The van der Waals surface area contributed by atoms with Crippen molar-refractivity contribution in [2.45, 2.75) is 19.7 Å². The van der Waals surface area contributed by atoms with Crippen molar-refractivity contribution in [3.8, 4) is 11.4 Å². The predicted octanol–water partition coefficient (Wildman–Crippen LogP) is 3.99. The first-order valence-electron chi connectivity index (χ1n) is 8.65. The van der Waals surface area contributed by atoms with Crippen molar-refractivity contribution in [3.05, 3.63) is 59.2 Å². The smallest absolute Gasteiger partial charge is 0.465 e. The van der Waals surface area contributed by atoms with Gasteiger partial charge in [0.1, 0.15) is 6.61 Å². The highest BCUT2D eigenvalue weighted by Gasteiger charge is 2.38. The van der Waals surface area contributed by atoms with Crippen LogP contribution in [-0.2, 0) is 22.3 Å². The molecule has 0 spiro atoms. The van der Waals surface area contributed by atoms with Crippen LogP contribution in [-0.4, -0.2) is 34.3 Å². The lowest BCUT2D eigenvalue weighted by molar-refractivity contribution is -0.159. The second-order valence-corrected chi connectivity index (χ2v) is 6.23. The van der Waals surface area contributed by atoms with E-state index < -0.39 is 24.1 Å². The third-order valence-corrected chi connectivity index (χ3v) is 3.98. The first-order valence-corrected chi connectivity index (χ1v) is 8.65. The van der Waals surface area contributed by atoms with Gasteiger partial charge in [0.2, 0.25) is 5.82 Å². The third kappa shape index (κ3) is 5.35. The first-order chi connectivity index (χ1) is 14.7. The van der Waals surface area contributed by atoms with Gasteiger partial charge in [0.05, 0.1) is 12.7 Å². The normalized spacial score (nSPS) is 11.1. The number of aryl methyl sites for hydroxylation is 1. The van der Waals surface area contributed by atoms with Crippen LogP contribution >= 0.6 is 0 Å². The fourth-order valence-electron chi connectivity index (χ4n) is 2.49. The number of alkyl halides is 3. The highest BCUT2D eigenvalue weighted by molar-refractivity contribution is 5.89. The molecule has 2 heterocycles. The highest BCUT2D eigenvalue weighted by Crippen LogP contribution is 2.30. The highest BCUT2D eigenvalue weighted by atomic mass is 19.4. The summed E-state index contributed by atoms with van der Waals surface area (Å²) in [7, 11) is 1.24. The SMILES string of the molecule is COC(=O)c1cncc(COC(=O)Nc2ccc(-c3noc(C(F)(F)F)n3)cc2C)c1. The maximum absolute atomic E-state index is 12.6. The molecule has 3 rings (SSSR count). The molecule has 162 valence electrons. The largest absolute Gasteiger partial charge is 0.471 e. The zero-order chi connectivity index (χ0) is 22.6. The molecule has 0 atom stereocenters. The minimum absolute atomic E-state index is 0.149. The first kappa shape index (κ1) is 21.7. The van der Waals surface area contributed by atoms with E-state index in [-0.39, 0.29) is 23.6 Å². The lowest BCUT2D eigenvalue weighted by Crippen LogP contribution is -2.14. The molecule has 1 amide bonds. The van der Waals surface area contributed by atoms with Crippen LogP contribution in [0.3, 0.4) is 0 Å². The molecule has 9 nitrogen and oxygen atoms in total. The van der Waals surface area contributed by atoms with E-state index in [4.69, 9.17) is 4.74 Å². The van der Waals surface area contributed by atoms with Gasteiger partial charge in [0.15, 0.2) is 0 Å². The van der Waals surface area contributed by atoms with Crippen LogP contribution in [0.1, 0.15) is 27.4 Å². The Morgan fingerprint density at radius 1 is 1.19 bits per heavy atom. The van der Waals surface area contributed by atoms with E-state index >= 15 is 0 Å². The molecule has 0 bridgehead atoms. The Balaban J connectivity index is 1.63. The fraction of sp³-hybridized carbons (Fsp3) is 0.211. The number of aromatic nitrogens is 3. The number of benzene rings is 1. The molecule has 2 aromatic heterocycles. The molecule has 0 radical (unpaired) electrons. The molecular formula is C19H15F3N4O5. The summed E-state index contributed by atoms with van der Waals surface area (Å²) in [6, 6.07) is 5.86. The molecule has 0 unspecified atom stereocenters. The van der Waals surface area contributed by atoms with Gasteiger partial charge >= 0.3 is 24.1 Å². The van der Waals surface area contributed by atoms with E-state index in [0.717, 1.165) is 0 Å². The Morgan fingerprint density at radius 3 is 2.61 bits per heavy atom. The standard InChI is InChI=1S/C19H15F3N4O5/c1-10-5-12(15-25-17(31-26-15)19(20,21)22)3-4-14(10)24-18(28)30-9-11-6-13(8-23-7-11)16(27)29-2/h3-8H,9H2,1-2H3,(H,24,28). The topological polar surface area (TPSA) is 116 Å². The average molecular weight is 436 g/mol. The van der Waals surface area contributed by atoms with Crippen LogP contribution < -0.4 is 5.32 Å². The molecule has 0 aliphatic heterocycles. The maximum atomic E-state index is 12.6. The summed E-state index contributed by atoms with van der Waals surface area (Å²) < 4.78 is 51.7. The van der Waals surface area contributed by atoms with E-state index in [0.29, 0.717) is 16.8 Å². The molecule has 31 heavy (non-hydrogen) atoms. The molecule has 0 saturated carbocycles. The van der Waals surface area contributed by atoms with Crippen molar-refractivity contribution in [3.63, 3.8) is 0 Å². The minimum atomic E-state index is -4.74. The monoisotopic (exact) mass is 436 g/mol. The molecule has 0 fully saturated rings. The summed E-state index contributed by atoms with van der Waals surface area (Å²) in [4.78, 5) is 30.8. The summed E-state index contributed by atoms with van der Waals surface area (Å²) in [5.74, 6) is -2.25. The average Bonchev–Trinajstić information content (AvgIpc) is 3.24. The van der Waals surface area contributed by atoms with E-state index in [2.05, 4.69) is 29.7 Å². The van der Waals surface area contributed by atoms with Crippen LogP contribution in [0.15, 0.2) is 41.2 Å². The van der Waals surface area contributed by atoms with Gasteiger partial charge in [0, 0.05) is 29.2 Å². The van der Waals surface area contributed by atoms with Crippen molar-refractivity contribution in [1.29, 1.82) is 0 Å². The van der Waals surface area contributed by atoms with Gasteiger partial charge < -0.3 is 14.0 Å². The number of nitrogens with zero attached hydrogens (tertiary/aromatic N) is 3. The fourth-order valence-corrected chi connectivity index (χ4v) is 2.49. The predicted molar refractivity (Wildman–Crippen MR) is 98.9 cm³/mol. The summed E-state index contributed by atoms with van der Waals surface area (Å²) in [6.45, 7) is 1.48. The third-order valence-electron chi connectivity index (χ3n) is 3.98. The lowest BCUT2D eigenvalue weighted by atomic mass is 10.1. The number of methoxy groups -OCH3 is 1. The number of carbonyl (C=O) groups is 2. The number of anilines is 1. The summed E-state index contributed by atoms with van der Waals surface area (Å²) in [5, 5.41) is 5.84. The Bertz CT molecular complexity index is 1110. The molecule has 0 aliphatic rings. The molecule has 1 N–H and O–H groups in total. The number of carbonyl (C=O) groups excluding carboxylic acids is 2. The van der Waals surface area contributed by atoms with E-state index in [1.165, 1.54) is 43.8 Å². The van der Waals surface area contributed by atoms with Crippen molar-refractivity contribution >= 4 is 17.7 Å². The molecule has 3 aromatic rings. The quantitative estimate of drug-likeness (QED) is 0.597. The molecular weight excluding hydrogens is 421 g/mol. The second-order valence-electron chi connectivity index (χ2n) is 6.23. The molecule has 12 heteroatoms. The van der Waals surface area contributed by atoms with E-state index in [1.54, 1.807) is 6.92 Å². The van der Waals surface area contributed by atoms with Gasteiger partial charge in [-0.05, 0) is 36.8 Å². The molecule has 0 saturated heterocycles. The van der Waals surface area contributed by atoms with Crippen molar-refractivity contribution in [2.24, 2.45) is 0 Å². The van der Waals surface area contributed by atoms with Crippen molar-refractivity contribution < 1.29 is 36.8 Å².